The molecule has 3 aliphatic carbocycles. The van der Waals surface area contributed by atoms with E-state index in [0.29, 0.717) is 16.3 Å². The molecular formula is C51H67BCl3N13O2. The van der Waals surface area contributed by atoms with E-state index in [0.717, 1.165) is 105 Å². The largest absolute Gasteiger partial charge is 0.488 e. The molecule has 3 saturated carbocycles. The van der Waals surface area contributed by atoms with Gasteiger partial charge in [-0.1, -0.05) is 93.0 Å². The number of nitrogens with two attached hydrogens (primary N) is 1. The molecule has 15 nitrogen and oxygen atoms in total. The molecule has 11 rings (SSSR count). The first-order chi connectivity index (χ1) is 33.8. The summed E-state index contributed by atoms with van der Waals surface area (Å²) in [7, 11) is -1.34. The Morgan fingerprint density at radius 2 is 1.01 bits per heavy atom. The Morgan fingerprint density at radius 3 is 1.43 bits per heavy atom. The topological polar surface area (TPSA) is 218 Å². The number of halogens is 3. The zero-order valence-electron chi connectivity index (χ0n) is 41.0. The predicted octanol–water partition coefficient (Wildman–Crippen LogP) is 10.1. The summed E-state index contributed by atoms with van der Waals surface area (Å²) in [6.07, 6.45) is 8.08. The molecule has 0 radical (unpaired) electrons. The second-order valence-electron chi connectivity index (χ2n) is 17.8. The van der Waals surface area contributed by atoms with E-state index >= 15 is 0 Å². The lowest BCUT2D eigenvalue weighted by atomic mass is 9.81. The van der Waals surface area contributed by atoms with Crippen LogP contribution in [0.4, 0.5) is 11.6 Å². The fraction of sp³-hybridized carbons (Fsp3) is 0.412. The molecule has 6 heterocycles. The Labute approximate surface area is 426 Å². The summed E-state index contributed by atoms with van der Waals surface area (Å²) >= 11 is 17.3. The van der Waals surface area contributed by atoms with Gasteiger partial charge in [0, 0.05) is 35.7 Å². The van der Waals surface area contributed by atoms with E-state index in [4.69, 9.17) is 55.6 Å². The number of nitrogens with one attached hydrogen (secondary N) is 5. The lowest BCUT2D eigenvalue weighted by Crippen LogP contribution is -2.29. The maximum Gasteiger partial charge on any atom is 0.488 e. The van der Waals surface area contributed by atoms with Crippen molar-refractivity contribution in [2.45, 2.75) is 80.1 Å². The van der Waals surface area contributed by atoms with E-state index in [1.54, 1.807) is 24.3 Å². The molecule has 0 atom stereocenters. The highest BCUT2D eigenvalue weighted by Crippen LogP contribution is 2.32. The second-order valence-corrected chi connectivity index (χ2v) is 18.8. The lowest BCUT2D eigenvalue weighted by Gasteiger charge is -2.13. The van der Waals surface area contributed by atoms with Crippen LogP contribution >= 0.6 is 34.8 Å². The number of hydrogen-bond acceptors (Lipinski definition) is 12. The molecule has 0 amide bonds. The van der Waals surface area contributed by atoms with Crippen molar-refractivity contribution in [3.05, 3.63) is 112 Å². The van der Waals surface area contributed by atoms with Gasteiger partial charge in [-0.25, -0.2) is 19.9 Å². The van der Waals surface area contributed by atoms with E-state index in [-0.39, 0.29) is 10.6 Å². The first kappa shape index (κ1) is 54.0. The van der Waals surface area contributed by atoms with Gasteiger partial charge in [-0.15, -0.1) is 0 Å². The average Bonchev–Trinajstić information content (AvgIpc) is 4.29. The van der Waals surface area contributed by atoms with Crippen molar-refractivity contribution in [1.29, 1.82) is 0 Å². The van der Waals surface area contributed by atoms with Crippen molar-refractivity contribution in [2.75, 3.05) is 49.9 Å². The summed E-state index contributed by atoms with van der Waals surface area (Å²) in [6, 6.07) is 24.8. The summed E-state index contributed by atoms with van der Waals surface area (Å²) in [5.41, 5.74) is 12.4. The van der Waals surface area contributed by atoms with Crippen molar-refractivity contribution < 1.29 is 10.0 Å². The van der Waals surface area contributed by atoms with Crippen LogP contribution in [-0.4, -0.2) is 106 Å². The Hall–Kier alpha value is -5.33. The van der Waals surface area contributed by atoms with Crippen molar-refractivity contribution >= 4 is 92.1 Å². The SMILES string of the molecule is CCN(CC)CC.Cc1cc2c(Cl)nc(Cl)nc2[nH]1.Cc1cc2c(NCC3CC3)nc(-c3ccccc3)nc2[nH]1.Cc1cc2c(NCC3CC3)nc(Cl)nc2[nH]1.NCC1CC1.OB(O)c1ccccc1. The number of rotatable bonds is 12. The number of benzene rings is 2. The molecule has 0 aliphatic heterocycles. The number of H-pyrrole nitrogens is 3. The highest BCUT2D eigenvalue weighted by atomic mass is 35.5. The van der Waals surface area contributed by atoms with Gasteiger partial charge in [0.05, 0.1) is 16.2 Å². The average molecular weight is 1010 g/mol. The van der Waals surface area contributed by atoms with Crippen LogP contribution in [0, 0.1) is 38.5 Å². The van der Waals surface area contributed by atoms with Gasteiger partial charge in [0.25, 0.3) is 0 Å². The fourth-order valence-electron chi connectivity index (χ4n) is 7.09. The molecule has 0 saturated heterocycles. The van der Waals surface area contributed by atoms with E-state index in [1.165, 1.54) is 58.2 Å². The first-order valence-electron chi connectivity index (χ1n) is 24.2. The zero-order valence-corrected chi connectivity index (χ0v) is 43.3. The number of nitrogens with zero attached hydrogens (tertiary/aromatic N) is 7. The van der Waals surface area contributed by atoms with Crippen LogP contribution in [-0.2, 0) is 0 Å². The Kier molecular flexibility index (Phi) is 20.7. The van der Waals surface area contributed by atoms with E-state index < -0.39 is 7.12 Å². The molecule has 2 aromatic carbocycles. The third-order valence-electron chi connectivity index (χ3n) is 11.8. The smallest absolute Gasteiger partial charge is 0.423 e. The Balaban J connectivity index is 0.000000146. The number of aromatic amines is 3. The van der Waals surface area contributed by atoms with Crippen molar-refractivity contribution in [1.82, 2.24) is 49.8 Å². The van der Waals surface area contributed by atoms with Crippen molar-refractivity contribution in [3.8, 4) is 11.4 Å². The molecule has 19 heteroatoms. The molecule has 8 aromatic rings. The van der Waals surface area contributed by atoms with E-state index in [9.17, 15) is 0 Å². The van der Waals surface area contributed by atoms with Crippen LogP contribution in [0.1, 0.15) is 76.4 Å². The summed E-state index contributed by atoms with van der Waals surface area (Å²) in [4.78, 5) is 37.5. The van der Waals surface area contributed by atoms with Crippen LogP contribution in [0.5, 0.6) is 0 Å². The van der Waals surface area contributed by atoms with Crippen molar-refractivity contribution in [3.63, 3.8) is 0 Å². The Morgan fingerprint density at radius 1 is 0.586 bits per heavy atom. The summed E-state index contributed by atoms with van der Waals surface area (Å²) in [5.74, 6) is 5.08. The molecule has 6 aromatic heterocycles. The Bertz CT molecular complexity index is 2820. The van der Waals surface area contributed by atoms with Crippen LogP contribution in [0.15, 0.2) is 78.9 Å². The predicted molar refractivity (Wildman–Crippen MR) is 290 cm³/mol. The molecular weight excluding hydrogens is 944 g/mol. The van der Waals surface area contributed by atoms with Crippen molar-refractivity contribution in [2.24, 2.45) is 23.5 Å². The molecule has 3 aliphatic rings. The molecule has 372 valence electrons. The standard InChI is InChI=1S/C17H18N4.C11H13ClN4.C7H5Cl2N3.C6H7BO2.C6H15N.C4H9N/c1-11-9-14-16(18-10-12-7-8-12)20-15(21-17(14)19-11)13-5-3-2-4-6-13;1-6-4-8-9(13-5-7-2-3-7)15-11(12)16-10(8)14-6;1-3-2-4-5(8)11-7(9)12-6(4)10-3;8-7(9)6-4-2-1-3-5-6;1-4-7(5-2)6-3;5-3-4-1-2-4/h2-6,9,12H,7-8,10H2,1H3,(H2,18,19,20,21);4,7H,2-3,5H2,1H3,(H2,13,14,15,16);2H,1H3,(H,10,11,12);1-5,8-9H;4-6H2,1-3H3;4H,1-3,5H2. The van der Waals surface area contributed by atoms with Gasteiger partial charge in [-0.3, -0.25) is 0 Å². The second kappa shape index (κ2) is 26.8. The molecule has 0 unspecified atom stereocenters. The zero-order chi connectivity index (χ0) is 50.2. The monoisotopic (exact) mass is 1010 g/mol. The minimum absolute atomic E-state index is 0.161. The highest BCUT2D eigenvalue weighted by Gasteiger charge is 2.23. The summed E-state index contributed by atoms with van der Waals surface area (Å²) in [5, 5.41) is 27.7. The van der Waals surface area contributed by atoms with Crippen LogP contribution in [0.25, 0.3) is 44.5 Å². The normalized spacial score (nSPS) is 13.7. The van der Waals surface area contributed by atoms with Gasteiger partial charge < -0.3 is 46.3 Å². The quantitative estimate of drug-likeness (QED) is 0.0326. The fourth-order valence-corrected chi connectivity index (χ4v) is 7.70. The molecule has 0 bridgehead atoms. The van der Waals surface area contributed by atoms with E-state index in [2.05, 4.69) is 89.2 Å². The third-order valence-corrected chi connectivity index (χ3v) is 12.4. The minimum atomic E-state index is -1.34. The van der Waals surface area contributed by atoms with Gasteiger partial charge >= 0.3 is 7.12 Å². The maximum absolute atomic E-state index is 8.58. The number of aromatic nitrogens is 9. The van der Waals surface area contributed by atoms with Crippen LogP contribution < -0.4 is 21.8 Å². The number of aryl methyl sites for hydroxylation is 3. The molecule has 70 heavy (non-hydrogen) atoms. The number of anilines is 2. The summed E-state index contributed by atoms with van der Waals surface area (Å²) in [6.45, 7) is 19.0. The van der Waals surface area contributed by atoms with Gasteiger partial charge in [0.2, 0.25) is 10.6 Å². The lowest BCUT2D eigenvalue weighted by molar-refractivity contribution is 0.321. The summed E-state index contributed by atoms with van der Waals surface area (Å²) < 4.78 is 0. The molecule has 3 fully saturated rings. The van der Waals surface area contributed by atoms with Gasteiger partial charge in [-0.05, 0) is 150 Å². The third kappa shape index (κ3) is 17.2. The number of hydrogen-bond donors (Lipinski definition) is 8. The van der Waals surface area contributed by atoms with Crippen LogP contribution in [0.3, 0.4) is 0 Å². The first-order valence-corrected chi connectivity index (χ1v) is 25.4. The van der Waals surface area contributed by atoms with Gasteiger partial charge in [0.1, 0.15) is 33.7 Å². The minimum Gasteiger partial charge on any atom is -0.423 e. The highest BCUT2D eigenvalue weighted by molar-refractivity contribution is 6.58. The van der Waals surface area contributed by atoms with Gasteiger partial charge in [0.15, 0.2) is 5.82 Å². The van der Waals surface area contributed by atoms with Gasteiger partial charge in [-0.2, -0.15) is 9.97 Å². The molecule has 9 N–H and O–H groups in total. The van der Waals surface area contributed by atoms with Crippen LogP contribution in [0.2, 0.25) is 15.7 Å². The van der Waals surface area contributed by atoms with E-state index in [1.807, 2.05) is 62.4 Å². The maximum atomic E-state index is 8.58. The molecule has 0 spiro atoms. The number of fused-ring (bicyclic) bond motifs is 3.